The second-order valence-corrected chi connectivity index (χ2v) is 4.79. The Balaban J connectivity index is 2.08. The standard InChI is InChI=1S/C12H12IN3/c13-10-4-2-9(3-5-10)8-11(14)12-15-6-1-7-16-12/h1-7,11H,8,14H2. The van der Waals surface area contributed by atoms with E-state index in [1.54, 1.807) is 18.5 Å². The molecule has 0 saturated carbocycles. The molecule has 1 atom stereocenters. The highest BCUT2D eigenvalue weighted by molar-refractivity contribution is 14.1. The van der Waals surface area contributed by atoms with Crippen molar-refractivity contribution in [2.45, 2.75) is 12.5 Å². The van der Waals surface area contributed by atoms with Crippen molar-refractivity contribution in [2.24, 2.45) is 5.73 Å². The van der Waals surface area contributed by atoms with Gasteiger partial charge in [-0.05, 0) is 52.8 Å². The van der Waals surface area contributed by atoms with Crippen molar-refractivity contribution in [3.63, 3.8) is 0 Å². The summed E-state index contributed by atoms with van der Waals surface area (Å²) in [6, 6.07) is 9.99. The van der Waals surface area contributed by atoms with Crippen LogP contribution in [0.2, 0.25) is 0 Å². The summed E-state index contributed by atoms with van der Waals surface area (Å²) in [5, 5.41) is 0. The van der Waals surface area contributed by atoms with Gasteiger partial charge in [-0.15, -0.1) is 0 Å². The van der Waals surface area contributed by atoms with Crippen LogP contribution in [-0.2, 0) is 6.42 Å². The van der Waals surface area contributed by atoms with Gasteiger partial charge in [0.25, 0.3) is 0 Å². The van der Waals surface area contributed by atoms with Crippen LogP contribution >= 0.6 is 22.6 Å². The summed E-state index contributed by atoms with van der Waals surface area (Å²) in [5.74, 6) is 0.695. The fourth-order valence-corrected chi connectivity index (χ4v) is 1.83. The molecular formula is C12H12IN3. The quantitative estimate of drug-likeness (QED) is 0.881. The summed E-state index contributed by atoms with van der Waals surface area (Å²) in [5.41, 5.74) is 7.25. The number of nitrogens with two attached hydrogens (primary N) is 1. The third kappa shape index (κ3) is 2.99. The first-order valence-corrected chi connectivity index (χ1v) is 6.10. The molecule has 1 heterocycles. The minimum Gasteiger partial charge on any atom is -0.321 e. The van der Waals surface area contributed by atoms with Crippen LogP contribution in [0.5, 0.6) is 0 Å². The van der Waals surface area contributed by atoms with E-state index in [1.807, 2.05) is 0 Å². The number of hydrogen-bond acceptors (Lipinski definition) is 3. The first-order valence-electron chi connectivity index (χ1n) is 5.02. The normalized spacial score (nSPS) is 12.4. The maximum absolute atomic E-state index is 6.04. The minimum atomic E-state index is -0.138. The van der Waals surface area contributed by atoms with Crippen LogP contribution in [-0.4, -0.2) is 9.97 Å². The first kappa shape index (κ1) is 11.5. The molecule has 0 radical (unpaired) electrons. The van der Waals surface area contributed by atoms with Crippen molar-refractivity contribution in [2.75, 3.05) is 0 Å². The molecule has 3 nitrogen and oxygen atoms in total. The van der Waals surface area contributed by atoms with Gasteiger partial charge in [0.15, 0.2) is 0 Å². The molecule has 0 aliphatic heterocycles. The van der Waals surface area contributed by atoms with Crippen LogP contribution in [0.25, 0.3) is 0 Å². The van der Waals surface area contributed by atoms with Crippen molar-refractivity contribution in [1.29, 1.82) is 0 Å². The highest BCUT2D eigenvalue weighted by Gasteiger charge is 2.08. The lowest BCUT2D eigenvalue weighted by Gasteiger charge is -2.09. The van der Waals surface area contributed by atoms with E-state index in [1.165, 1.54) is 9.13 Å². The van der Waals surface area contributed by atoms with Gasteiger partial charge in [0, 0.05) is 16.0 Å². The Bertz CT molecular complexity index is 442. The maximum Gasteiger partial charge on any atom is 0.145 e. The Labute approximate surface area is 108 Å². The minimum absolute atomic E-state index is 0.138. The second-order valence-electron chi connectivity index (χ2n) is 3.54. The molecule has 82 valence electrons. The SMILES string of the molecule is NC(Cc1ccc(I)cc1)c1ncccn1. The molecule has 2 aromatic rings. The Morgan fingerprint density at radius 1 is 1.12 bits per heavy atom. The third-order valence-electron chi connectivity index (χ3n) is 2.29. The molecule has 0 aliphatic carbocycles. The van der Waals surface area contributed by atoms with Crippen LogP contribution < -0.4 is 5.73 Å². The molecular weight excluding hydrogens is 313 g/mol. The second kappa shape index (κ2) is 5.36. The molecule has 2 N–H and O–H groups in total. The van der Waals surface area contributed by atoms with Gasteiger partial charge in [0.2, 0.25) is 0 Å². The van der Waals surface area contributed by atoms with E-state index < -0.39 is 0 Å². The summed E-state index contributed by atoms with van der Waals surface area (Å²) < 4.78 is 1.23. The number of rotatable bonds is 3. The van der Waals surface area contributed by atoms with Gasteiger partial charge in [-0.3, -0.25) is 0 Å². The molecule has 0 spiro atoms. The number of nitrogens with zero attached hydrogens (tertiary/aromatic N) is 2. The fraction of sp³-hybridized carbons (Fsp3) is 0.167. The third-order valence-corrected chi connectivity index (χ3v) is 3.01. The molecule has 1 aromatic carbocycles. The van der Waals surface area contributed by atoms with Crippen molar-refractivity contribution in [3.8, 4) is 0 Å². The van der Waals surface area contributed by atoms with Crippen molar-refractivity contribution >= 4 is 22.6 Å². The summed E-state index contributed by atoms with van der Waals surface area (Å²) in [7, 11) is 0. The monoisotopic (exact) mass is 325 g/mol. The van der Waals surface area contributed by atoms with Crippen LogP contribution in [0.4, 0.5) is 0 Å². The molecule has 16 heavy (non-hydrogen) atoms. The largest absolute Gasteiger partial charge is 0.321 e. The van der Waals surface area contributed by atoms with Gasteiger partial charge in [-0.1, -0.05) is 12.1 Å². The average molecular weight is 325 g/mol. The Kier molecular flexibility index (Phi) is 3.84. The Morgan fingerprint density at radius 2 is 1.75 bits per heavy atom. The molecule has 2 rings (SSSR count). The van der Waals surface area contributed by atoms with E-state index >= 15 is 0 Å². The Morgan fingerprint density at radius 3 is 2.38 bits per heavy atom. The van der Waals surface area contributed by atoms with Gasteiger partial charge < -0.3 is 5.73 Å². The topological polar surface area (TPSA) is 51.8 Å². The molecule has 0 fully saturated rings. The van der Waals surface area contributed by atoms with Gasteiger partial charge in [0.1, 0.15) is 5.82 Å². The molecule has 0 bridgehead atoms. The van der Waals surface area contributed by atoms with Gasteiger partial charge >= 0.3 is 0 Å². The van der Waals surface area contributed by atoms with E-state index in [-0.39, 0.29) is 6.04 Å². The highest BCUT2D eigenvalue weighted by Crippen LogP contribution is 2.13. The summed E-state index contributed by atoms with van der Waals surface area (Å²) in [6.07, 6.45) is 4.20. The van der Waals surface area contributed by atoms with E-state index in [0.717, 1.165) is 6.42 Å². The van der Waals surface area contributed by atoms with Crippen LogP contribution in [0.15, 0.2) is 42.7 Å². The smallest absolute Gasteiger partial charge is 0.145 e. The number of halogens is 1. The lowest BCUT2D eigenvalue weighted by atomic mass is 10.1. The molecule has 0 saturated heterocycles. The fourth-order valence-electron chi connectivity index (χ4n) is 1.47. The summed E-state index contributed by atoms with van der Waals surface area (Å²) in [4.78, 5) is 8.31. The molecule has 0 aliphatic rings. The zero-order valence-corrected chi connectivity index (χ0v) is 10.8. The first-order chi connectivity index (χ1) is 7.75. The molecule has 4 heteroatoms. The average Bonchev–Trinajstić information content (AvgIpc) is 2.33. The van der Waals surface area contributed by atoms with E-state index in [9.17, 15) is 0 Å². The van der Waals surface area contributed by atoms with Crippen molar-refractivity contribution in [3.05, 3.63) is 57.7 Å². The van der Waals surface area contributed by atoms with Gasteiger partial charge in [0.05, 0.1) is 6.04 Å². The maximum atomic E-state index is 6.04. The van der Waals surface area contributed by atoms with Crippen molar-refractivity contribution < 1.29 is 0 Å². The van der Waals surface area contributed by atoms with Crippen LogP contribution in [0, 0.1) is 3.57 Å². The summed E-state index contributed by atoms with van der Waals surface area (Å²) in [6.45, 7) is 0. The zero-order valence-electron chi connectivity index (χ0n) is 8.68. The van der Waals surface area contributed by atoms with E-state index in [4.69, 9.17) is 5.73 Å². The van der Waals surface area contributed by atoms with Crippen LogP contribution in [0.1, 0.15) is 17.4 Å². The lowest BCUT2D eigenvalue weighted by molar-refractivity contribution is 0.667. The number of benzene rings is 1. The van der Waals surface area contributed by atoms with E-state index in [2.05, 4.69) is 56.8 Å². The van der Waals surface area contributed by atoms with Gasteiger partial charge in [-0.25, -0.2) is 9.97 Å². The highest BCUT2D eigenvalue weighted by atomic mass is 127. The molecule has 0 amide bonds. The van der Waals surface area contributed by atoms with Crippen molar-refractivity contribution in [1.82, 2.24) is 9.97 Å². The number of aromatic nitrogens is 2. The predicted molar refractivity (Wildman–Crippen MR) is 71.8 cm³/mol. The predicted octanol–water partition coefficient (Wildman–Crippen LogP) is 2.32. The number of hydrogen-bond donors (Lipinski definition) is 1. The van der Waals surface area contributed by atoms with Gasteiger partial charge in [-0.2, -0.15) is 0 Å². The van der Waals surface area contributed by atoms with Crippen LogP contribution in [0.3, 0.4) is 0 Å². The lowest BCUT2D eigenvalue weighted by Crippen LogP contribution is -2.16. The Hall–Kier alpha value is -1.01. The van der Waals surface area contributed by atoms with E-state index in [0.29, 0.717) is 5.82 Å². The summed E-state index contributed by atoms with van der Waals surface area (Å²) >= 11 is 2.29. The molecule has 1 aromatic heterocycles. The molecule has 1 unspecified atom stereocenters. The zero-order chi connectivity index (χ0) is 11.4.